The first-order valence-corrected chi connectivity index (χ1v) is 9.98. The van der Waals surface area contributed by atoms with Crippen LogP contribution in [0.1, 0.15) is 11.1 Å². The van der Waals surface area contributed by atoms with Crippen molar-refractivity contribution in [2.24, 2.45) is 0 Å². The van der Waals surface area contributed by atoms with Crippen molar-refractivity contribution in [3.63, 3.8) is 0 Å². The lowest BCUT2D eigenvalue weighted by molar-refractivity contribution is -0.126. The third kappa shape index (κ3) is 5.00. The standard InChI is InChI=1S/C23H24N6O/c1-18-11-12-24-21(17-18)25-20-8-9-22(27-26-20)28-13-15-29(16-14-28)23(30)10-7-19-5-3-2-4-6-19/h2-12,17H,13-16H2,1H3,(H,24,25,26)/b10-7+. The Kier molecular flexibility index (Phi) is 5.98. The highest BCUT2D eigenvalue weighted by molar-refractivity contribution is 5.91. The largest absolute Gasteiger partial charge is 0.352 e. The molecule has 30 heavy (non-hydrogen) atoms. The van der Waals surface area contributed by atoms with E-state index in [1.807, 2.05) is 72.5 Å². The van der Waals surface area contributed by atoms with E-state index in [-0.39, 0.29) is 5.91 Å². The number of aromatic nitrogens is 3. The van der Waals surface area contributed by atoms with E-state index in [1.54, 1.807) is 12.3 Å². The summed E-state index contributed by atoms with van der Waals surface area (Å²) < 4.78 is 0. The Morgan fingerprint density at radius 2 is 1.77 bits per heavy atom. The van der Waals surface area contributed by atoms with E-state index in [1.165, 1.54) is 0 Å². The lowest BCUT2D eigenvalue weighted by Gasteiger charge is -2.34. The van der Waals surface area contributed by atoms with Crippen LogP contribution in [0.15, 0.2) is 66.9 Å². The highest BCUT2D eigenvalue weighted by Gasteiger charge is 2.20. The maximum absolute atomic E-state index is 12.4. The Balaban J connectivity index is 1.30. The molecule has 3 aromatic rings. The number of hydrogen-bond donors (Lipinski definition) is 1. The number of anilines is 3. The minimum absolute atomic E-state index is 0.0368. The number of carbonyl (C=O) groups is 1. The predicted octanol–water partition coefficient (Wildman–Crippen LogP) is 3.29. The molecule has 4 rings (SSSR count). The molecule has 7 heteroatoms. The molecule has 0 unspecified atom stereocenters. The van der Waals surface area contributed by atoms with Crippen molar-refractivity contribution in [3.05, 3.63) is 78.0 Å². The minimum Gasteiger partial charge on any atom is -0.352 e. The third-order valence-electron chi connectivity index (χ3n) is 4.96. The van der Waals surface area contributed by atoms with Gasteiger partial charge in [0.15, 0.2) is 11.6 Å². The molecule has 0 radical (unpaired) electrons. The average molecular weight is 400 g/mol. The van der Waals surface area contributed by atoms with Crippen molar-refractivity contribution in [3.8, 4) is 0 Å². The van der Waals surface area contributed by atoms with Gasteiger partial charge < -0.3 is 15.1 Å². The summed E-state index contributed by atoms with van der Waals surface area (Å²) in [6, 6.07) is 17.6. The van der Waals surface area contributed by atoms with Crippen LogP contribution in [0.5, 0.6) is 0 Å². The Morgan fingerprint density at radius 3 is 2.47 bits per heavy atom. The van der Waals surface area contributed by atoms with Crippen molar-refractivity contribution < 1.29 is 4.79 Å². The number of piperazine rings is 1. The van der Waals surface area contributed by atoms with Gasteiger partial charge in [0.1, 0.15) is 5.82 Å². The molecular formula is C23H24N6O. The van der Waals surface area contributed by atoms with Crippen LogP contribution >= 0.6 is 0 Å². The van der Waals surface area contributed by atoms with Gasteiger partial charge in [-0.25, -0.2) is 4.98 Å². The average Bonchev–Trinajstić information content (AvgIpc) is 2.79. The van der Waals surface area contributed by atoms with Gasteiger partial charge in [0.05, 0.1) is 0 Å². The van der Waals surface area contributed by atoms with Crippen LogP contribution in [0.4, 0.5) is 17.5 Å². The molecule has 3 heterocycles. The van der Waals surface area contributed by atoms with Crippen LogP contribution in [-0.4, -0.2) is 52.2 Å². The smallest absolute Gasteiger partial charge is 0.246 e. The van der Waals surface area contributed by atoms with E-state index in [2.05, 4.69) is 25.4 Å². The van der Waals surface area contributed by atoms with Crippen LogP contribution in [0.3, 0.4) is 0 Å². The number of amides is 1. The Bertz CT molecular complexity index is 1010. The molecule has 1 saturated heterocycles. The Hall–Kier alpha value is -3.74. The number of pyridine rings is 1. The summed E-state index contributed by atoms with van der Waals surface area (Å²) in [6.07, 6.45) is 5.26. The number of nitrogens with one attached hydrogen (secondary N) is 1. The van der Waals surface area contributed by atoms with Crippen LogP contribution in [-0.2, 0) is 4.79 Å². The molecule has 1 aliphatic rings. The first-order chi connectivity index (χ1) is 14.7. The summed E-state index contributed by atoms with van der Waals surface area (Å²) >= 11 is 0. The molecule has 1 aliphatic heterocycles. The number of carbonyl (C=O) groups excluding carboxylic acids is 1. The summed E-state index contributed by atoms with van der Waals surface area (Å²) in [4.78, 5) is 20.7. The zero-order valence-electron chi connectivity index (χ0n) is 16.9. The quantitative estimate of drug-likeness (QED) is 0.663. The number of rotatable bonds is 5. The van der Waals surface area contributed by atoms with Crippen LogP contribution in [0.2, 0.25) is 0 Å². The van der Waals surface area contributed by atoms with E-state index in [4.69, 9.17) is 0 Å². The first kappa shape index (κ1) is 19.6. The molecule has 1 amide bonds. The highest BCUT2D eigenvalue weighted by Crippen LogP contribution is 2.17. The fourth-order valence-electron chi connectivity index (χ4n) is 3.29. The van der Waals surface area contributed by atoms with Gasteiger partial charge >= 0.3 is 0 Å². The molecule has 0 aliphatic carbocycles. The summed E-state index contributed by atoms with van der Waals surface area (Å²) in [5.74, 6) is 2.24. The molecule has 0 saturated carbocycles. The summed E-state index contributed by atoms with van der Waals surface area (Å²) in [5.41, 5.74) is 2.15. The van der Waals surface area contributed by atoms with Gasteiger partial charge in [-0.3, -0.25) is 4.79 Å². The second kappa shape index (κ2) is 9.17. The SMILES string of the molecule is Cc1ccnc(Nc2ccc(N3CCN(C(=O)/C=C/c4ccccc4)CC3)nn2)c1. The number of benzene rings is 1. The van der Waals surface area contributed by atoms with Gasteiger partial charge in [-0.2, -0.15) is 0 Å². The van der Waals surface area contributed by atoms with E-state index in [9.17, 15) is 4.79 Å². The van der Waals surface area contributed by atoms with Crippen LogP contribution < -0.4 is 10.2 Å². The third-order valence-corrected chi connectivity index (χ3v) is 4.96. The molecule has 2 aromatic heterocycles. The summed E-state index contributed by atoms with van der Waals surface area (Å²) in [5, 5.41) is 11.8. The zero-order valence-corrected chi connectivity index (χ0v) is 16.9. The second-order valence-corrected chi connectivity index (χ2v) is 7.18. The van der Waals surface area contributed by atoms with E-state index < -0.39 is 0 Å². The first-order valence-electron chi connectivity index (χ1n) is 9.98. The topological polar surface area (TPSA) is 74.2 Å². The van der Waals surface area contributed by atoms with Crippen LogP contribution in [0.25, 0.3) is 6.08 Å². The fraction of sp³-hybridized carbons (Fsp3) is 0.217. The normalized spacial score (nSPS) is 14.2. The monoisotopic (exact) mass is 400 g/mol. The minimum atomic E-state index is 0.0368. The van der Waals surface area contributed by atoms with Crippen molar-refractivity contribution in [1.82, 2.24) is 20.1 Å². The summed E-state index contributed by atoms with van der Waals surface area (Å²) in [6.45, 7) is 4.79. The molecule has 152 valence electrons. The highest BCUT2D eigenvalue weighted by atomic mass is 16.2. The van der Waals surface area contributed by atoms with Crippen molar-refractivity contribution in [2.45, 2.75) is 6.92 Å². The van der Waals surface area contributed by atoms with Crippen molar-refractivity contribution >= 4 is 29.4 Å². The number of aryl methyl sites for hydroxylation is 1. The molecule has 1 N–H and O–H groups in total. The maximum atomic E-state index is 12.4. The van der Waals surface area contributed by atoms with Crippen molar-refractivity contribution in [1.29, 1.82) is 0 Å². The molecule has 1 fully saturated rings. The van der Waals surface area contributed by atoms with E-state index in [0.717, 1.165) is 35.9 Å². The van der Waals surface area contributed by atoms with Gasteiger partial charge in [0.25, 0.3) is 0 Å². The van der Waals surface area contributed by atoms with Gasteiger partial charge in [-0.15, -0.1) is 10.2 Å². The zero-order chi connectivity index (χ0) is 20.8. The second-order valence-electron chi connectivity index (χ2n) is 7.18. The van der Waals surface area contributed by atoms with E-state index >= 15 is 0 Å². The van der Waals surface area contributed by atoms with E-state index in [0.29, 0.717) is 18.9 Å². The summed E-state index contributed by atoms with van der Waals surface area (Å²) in [7, 11) is 0. The molecule has 0 atom stereocenters. The number of nitrogens with zero attached hydrogens (tertiary/aromatic N) is 5. The van der Waals surface area contributed by atoms with Crippen LogP contribution in [0, 0.1) is 6.92 Å². The van der Waals surface area contributed by atoms with Gasteiger partial charge in [0.2, 0.25) is 5.91 Å². The molecular weight excluding hydrogens is 376 g/mol. The van der Waals surface area contributed by atoms with Gasteiger partial charge in [-0.05, 0) is 48.4 Å². The number of hydrogen-bond acceptors (Lipinski definition) is 6. The predicted molar refractivity (Wildman–Crippen MR) is 119 cm³/mol. The molecule has 0 bridgehead atoms. The lowest BCUT2D eigenvalue weighted by atomic mass is 10.2. The van der Waals surface area contributed by atoms with Gasteiger partial charge in [-0.1, -0.05) is 30.3 Å². The Morgan fingerprint density at radius 1 is 0.967 bits per heavy atom. The maximum Gasteiger partial charge on any atom is 0.246 e. The van der Waals surface area contributed by atoms with Crippen molar-refractivity contribution in [2.75, 3.05) is 36.4 Å². The fourth-order valence-corrected chi connectivity index (χ4v) is 3.29. The molecule has 1 aromatic carbocycles. The van der Waals surface area contributed by atoms with Gasteiger partial charge in [0, 0.05) is 38.5 Å². The molecule has 0 spiro atoms. The Labute approximate surface area is 176 Å². The lowest BCUT2D eigenvalue weighted by Crippen LogP contribution is -2.48. The molecule has 7 nitrogen and oxygen atoms in total.